The van der Waals surface area contributed by atoms with E-state index >= 15 is 0 Å². The fraction of sp³-hybridized carbons (Fsp3) is 0.192. The third kappa shape index (κ3) is 4.22. The van der Waals surface area contributed by atoms with Crippen LogP contribution in [0, 0.1) is 13.8 Å². The predicted octanol–water partition coefficient (Wildman–Crippen LogP) is 4.98. The Labute approximate surface area is 197 Å². The van der Waals surface area contributed by atoms with Gasteiger partial charge in [-0.3, -0.25) is 14.6 Å². The summed E-state index contributed by atoms with van der Waals surface area (Å²) in [4.78, 5) is 31.9. The number of halogens is 1. The molecule has 33 heavy (non-hydrogen) atoms. The van der Waals surface area contributed by atoms with Crippen LogP contribution in [0.2, 0.25) is 5.02 Å². The van der Waals surface area contributed by atoms with Gasteiger partial charge in [0.15, 0.2) is 0 Å². The lowest BCUT2D eigenvalue weighted by Crippen LogP contribution is -2.29. The molecule has 0 bridgehead atoms. The molecule has 1 saturated heterocycles. The van der Waals surface area contributed by atoms with Gasteiger partial charge in [-0.05, 0) is 66.4 Å². The number of nitrogens with zero attached hydrogens (tertiary/aromatic N) is 2. The van der Waals surface area contributed by atoms with Crippen LogP contribution in [-0.4, -0.2) is 33.8 Å². The second-order valence-corrected chi connectivity index (χ2v) is 8.43. The molecule has 2 heterocycles. The van der Waals surface area contributed by atoms with E-state index in [1.165, 1.54) is 12.0 Å². The molecule has 1 amide bonds. The molecule has 0 aliphatic carbocycles. The van der Waals surface area contributed by atoms with Gasteiger partial charge in [0.25, 0.3) is 11.7 Å². The number of methoxy groups -OCH3 is 1. The van der Waals surface area contributed by atoms with Crippen molar-refractivity contribution in [3.8, 4) is 5.75 Å². The number of aryl methyl sites for hydroxylation is 2. The Kier molecular flexibility index (Phi) is 6.20. The average Bonchev–Trinajstić information content (AvgIpc) is 3.04. The minimum atomic E-state index is -0.791. The molecule has 0 spiro atoms. The van der Waals surface area contributed by atoms with Crippen LogP contribution >= 0.6 is 11.6 Å². The average molecular weight is 463 g/mol. The zero-order valence-electron chi connectivity index (χ0n) is 18.5. The van der Waals surface area contributed by atoms with E-state index in [1.54, 1.807) is 54.9 Å². The van der Waals surface area contributed by atoms with E-state index in [9.17, 15) is 14.7 Å². The molecule has 1 N–H and O–H groups in total. The number of rotatable bonds is 5. The highest BCUT2D eigenvalue weighted by Crippen LogP contribution is 2.42. The van der Waals surface area contributed by atoms with Crippen molar-refractivity contribution >= 4 is 29.1 Å². The molecular formula is C26H23ClN2O4. The third-order valence-corrected chi connectivity index (χ3v) is 5.96. The van der Waals surface area contributed by atoms with E-state index in [4.69, 9.17) is 16.3 Å². The Morgan fingerprint density at radius 3 is 2.39 bits per heavy atom. The van der Waals surface area contributed by atoms with Crippen LogP contribution in [0.25, 0.3) is 5.76 Å². The van der Waals surface area contributed by atoms with Gasteiger partial charge in [-0.15, -0.1) is 0 Å². The van der Waals surface area contributed by atoms with Crippen molar-refractivity contribution in [2.24, 2.45) is 0 Å². The first kappa shape index (κ1) is 22.6. The molecule has 0 saturated carbocycles. The highest BCUT2D eigenvalue weighted by Gasteiger charge is 2.46. The molecule has 4 rings (SSSR count). The van der Waals surface area contributed by atoms with Crippen LogP contribution < -0.4 is 4.74 Å². The van der Waals surface area contributed by atoms with E-state index in [1.807, 2.05) is 19.9 Å². The van der Waals surface area contributed by atoms with Gasteiger partial charge >= 0.3 is 0 Å². The van der Waals surface area contributed by atoms with Crippen molar-refractivity contribution in [1.29, 1.82) is 0 Å². The van der Waals surface area contributed by atoms with Gasteiger partial charge in [0, 0.05) is 24.0 Å². The normalized spacial score (nSPS) is 17.5. The quantitative estimate of drug-likeness (QED) is 0.328. The maximum absolute atomic E-state index is 13.3. The minimum Gasteiger partial charge on any atom is -0.507 e. The second kappa shape index (κ2) is 9.08. The third-order valence-electron chi connectivity index (χ3n) is 5.71. The molecular weight excluding hydrogens is 440 g/mol. The summed E-state index contributed by atoms with van der Waals surface area (Å²) in [5.74, 6) is -1.25. The first-order valence-electron chi connectivity index (χ1n) is 10.4. The Morgan fingerprint density at radius 1 is 1.09 bits per heavy atom. The van der Waals surface area contributed by atoms with Crippen molar-refractivity contribution < 1.29 is 19.4 Å². The minimum absolute atomic E-state index is 0.0136. The number of hydrogen-bond acceptors (Lipinski definition) is 5. The number of ether oxygens (including phenoxy) is 1. The van der Waals surface area contributed by atoms with Crippen molar-refractivity contribution in [3.63, 3.8) is 0 Å². The van der Waals surface area contributed by atoms with Crippen LogP contribution in [0.15, 0.2) is 66.5 Å². The second-order valence-electron chi connectivity index (χ2n) is 8.00. The first-order chi connectivity index (χ1) is 15.8. The molecule has 1 aliphatic rings. The monoisotopic (exact) mass is 462 g/mol. The van der Waals surface area contributed by atoms with E-state index in [0.717, 1.165) is 16.7 Å². The number of likely N-dealkylation sites (tertiary alicyclic amines) is 1. The fourth-order valence-corrected chi connectivity index (χ4v) is 4.39. The van der Waals surface area contributed by atoms with Crippen molar-refractivity contribution in [2.45, 2.75) is 26.4 Å². The summed E-state index contributed by atoms with van der Waals surface area (Å²) in [5.41, 5.74) is 3.57. The number of hydrogen-bond donors (Lipinski definition) is 1. The SMILES string of the molecule is COc1c(C)cc(C)cc1/C(O)=C1\C(=O)C(=O)N(Cc2ccncc2)C1c1ccc(Cl)cc1. The Bertz CT molecular complexity index is 1250. The van der Waals surface area contributed by atoms with Gasteiger partial charge in [0.1, 0.15) is 11.5 Å². The van der Waals surface area contributed by atoms with Crippen LogP contribution in [0.1, 0.15) is 33.9 Å². The summed E-state index contributed by atoms with van der Waals surface area (Å²) in [5, 5.41) is 11.9. The lowest BCUT2D eigenvalue weighted by molar-refractivity contribution is -0.140. The maximum atomic E-state index is 13.3. The Balaban J connectivity index is 1.93. The Morgan fingerprint density at radius 2 is 1.76 bits per heavy atom. The summed E-state index contributed by atoms with van der Waals surface area (Å²) in [6.45, 7) is 3.93. The molecule has 2 aromatic carbocycles. The number of ketones is 1. The van der Waals surface area contributed by atoms with Crippen molar-refractivity contribution in [3.05, 3.63) is 99.3 Å². The molecule has 1 fully saturated rings. The number of Topliss-reactive ketones (excluding diaryl/α,β-unsaturated/α-hetero) is 1. The smallest absolute Gasteiger partial charge is 0.295 e. The number of aromatic nitrogens is 1. The molecule has 1 atom stereocenters. The van der Waals surface area contributed by atoms with Gasteiger partial charge in [0.05, 0.1) is 24.3 Å². The van der Waals surface area contributed by atoms with Gasteiger partial charge < -0.3 is 14.7 Å². The number of pyridine rings is 1. The summed E-state index contributed by atoms with van der Waals surface area (Å²) >= 11 is 6.08. The van der Waals surface area contributed by atoms with E-state index in [0.29, 0.717) is 21.9 Å². The van der Waals surface area contributed by atoms with Gasteiger partial charge in [-0.25, -0.2) is 0 Å². The maximum Gasteiger partial charge on any atom is 0.295 e. The predicted molar refractivity (Wildman–Crippen MR) is 126 cm³/mol. The molecule has 1 aromatic heterocycles. The van der Waals surface area contributed by atoms with Crippen LogP contribution in [0.5, 0.6) is 5.75 Å². The standard InChI is InChI=1S/C26H23ClN2O4/c1-15-12-16(2)25(33-3)20(13-15)23(30)21-22(18-4-6-19(27)7-5-18)29(26(32)24(21)31)14-17-8-10-28-11-9-17/h4-13,22,30H,14H2,1-3H3/b23-21+. The molecule has 168 valence electrons. The number of carbonyl (C=O) groups is 2. The fourth-order valence-electron chi connectivity index (χ4n) is 4.27. The van der Waals surface area contributed by atoms with Crippen LogP contribution in [0.4, 0.5) is 0 Å². The number of aliphatic hydroxyl groups is 1. The molecule has 1 unspecified atom stereocenters. The van der Waals surface area contributed by atoms with Gasteiger partial charge in [0.2, 0.25) is 0 Å². The summed E-state index contributed by atoms with van der Waals surface area (Å²) in [7, 11) is 1.51. The van der Waals surface area contributed by atoms with E-state index < -0.39 is 17.7 Å². The number of benzene rings is 2. The van der Waals surface area contributed by atoms with Crippen molar-refractivity contribution in [1.82, 2.24) is 9.88 Å². The zero-order valence-corrected chi connectivity index (χ0v) is 19.3. The number of carbonyl (C=O) groups excluding carboxylic acids is 2. The Hall–Kier alpha value is -3.64. The topological polar surface area (TPSA) is 79.7 Å². The largest absolute Gasteiger partial charge is 0.507 e. The van der Waals surface area contributed by atoms with Crippen LogP contribution in [0.3, 0.4) is 0 Å². The summed E-state index contributed by atoms with van der Waals surface area (Å²) in [6, 6.07) is 13.3. The lowest BCUT2D eigenvalue weighted by Gasteiger charge is -2.25. The molecule has 7 heteroatoms. The summed E-state index contributed by atoms with van der Waals surface area (Å²) in [6.07, 6.45) is 3.26. The highest BCUT2D eigenvalue weighted by molar-refractivity contribution is 6.46. The summed E-state index contributed by atoms with van der Waals surface area (Å²) < 4.78 is 5.52. The molecule has 0 radical (unpaired) electrons. The lowest BCUT2D eigenvalue weighted by atomic mass is 9.93. The molecule has 6 nitrogen and oxygen atoms in total. The number of aliphatic hydroxyl groups excluding tert-OH is 1. The molecule has 1 aliphatic heterocycles. The van der Waals surface area contributed by atoms with Crippen molar-refractivity contribution in [2.75, 3.05) is 7.11 Å². The van der Waals surface area contributed by atoms with Crippen LogP contribution in [-0.2, 0) is 16.1 Å². The van der Waals surface area contributed by atoms with E-state index in [-0.39, 0.29) is 17.9 Å². The highest BCUT2D eigenvalue weighted by atomic mass is 35.5. The first-order valence-corrected chi connectivity index (χ1v) is 10.8. The molecule has 3 aromatic rings. The number of amides is 1. The van der Waals surface area contributed by atoms with Gasteiger partial charge in [-0.1, -0.05) is 29.8 Å². The van der Waals surface area contributed by atoms with E-state index in [2.05, 4.69) is 4.98 Å². The van der Waals surface area contributed by atoms with Gasteiger partial charge in [-0.2, -0.15) is 0 Å². The zero-order chi connectivity index (χ0) is 23.7.